The predicted molar refractivity (Wildman–Crippen MR) is 62.4 cm³/mol. The molecular weight excluding hydrogens is 198 g/mol. The Kier molecular flexibility index (Phi) is 2.33. The van der Waals surface area contributed by atoms with Crippen molar-refractivity contribution >= 4 is 0 Å². The number of para-hydroxylation sites is 1. The van der Waals surface area contributed by atoms with Crippen LogP contribution in [0.5, 0.6) is 5.75 Å². The Bertz CT molecular complexity index is 481. The molecular formula is C14H13NO. The molecule has 0 bridgehead atoms. The standard InChI is InChI=1S/C14H13NO/c1-2-7-13-11(5-1)8-9-14(16-13)12-6-3-4-10-15-12/h1-7,10,14H,8-9H2/t14-/m1/s1. The van der Waals surface area contributed by atoms with Gasteiger partial charge in [-0.2, -0.15) is 0 Å². The largest absolute Gasteiger partial charge is 0.484 e. The Morgan fingerprint density at radius 2 is 1.94 bits per heavy atom. The van der Waals surface area contributed by atoms with Gasteiger partial charge in [0.15, 0.2) is 0 Å². The van der Waals surface area contributed by atoms with E-state index in [2.05, 4.69) is 17.1 Å². The molecule has 2 nitrogen and oxygen atoms in total. The minimum Gasteiger partial charge on any atom is -0.484 e. The average molecular weight is 211 g/mol. The van der Waals surface area contributed by atoms with Crippen molar-refractivity contribution in [2.45, 2.75) is 18.9 Å². The molecule has 0 radical (unpaired) electrons. The minimum atomic E-state index is 0.107. The van der Waals surface area contributed by atoms with Crippen LogP contribution in [0.25, 0.3) is 0 Å². The van der Waals surface area contributed by atoms with Gasteiger partial charge in [-0.3, -0.25) is 4.98 Å². The normalized spacial score (nSPS) is 18.6. The van der Waals surface area contributed by atoms with E-state index < -0.39 is 0 Å². The molecule has 2 heteroatoms. The van der Waals surface area contributed by atoms with Crippen LogP contribution < -0.4 is 4.74 Å². The summed E-state index contributed by atoms with van der Waals surface area (Å²) in [5, 5.41) is 0. The van der Waals surface area contributed by atoms with Gasteiger partial charge in [-0.05, 0) is 36.6 Å². The van der Waals surface area contributed by atoms with Crippen LogP contribution in [-0.2, 0) is 6.42 Å². The van der Waals surface area contributed by atoms with Crippen molar-refractivity contribution in [1.82, 2.24) is 4.98 Å². The van der Waals surface area contributed by atoms with Crippen LogP contribution in [0.3, 0.4) is 0 Å². The Labute approximate surface area is 94.9 Å². The van der Waals surface area contributed by atoms with Crippen molar-refractivity contribution in [1.29, 1.82) is 0 Å². The van der Waals surface area contributed by atoms with Crippen LogP contribution in [0.15, 0.2) is 48.7 Å². The maximum atomic E-state index is 5.96. The van der Waals surface area contributed by atoms with Crippen molar-refractivity contribution in [2.24, 2.45) is 0 Å². The van der Waals surface area contributed by atoms with Gasteiger partial charge >= 0.3 is 0 Å². The maximum Gasteiger partial charge on any atom is 0.141 e. The number of aromatic nitrogens is 1. The number of fused-ring (bicyclic) bond motifs is 1. The number of rotatable bonds is 1. The second-order valence-corrected chi connectivity index (χ2v) is 4.01. The first kappa shape index (κ1) is 9.40. The van der Waals surface area contributed by atoms with Crippen LogP contribution in [-0.4, -0.2) is 4.98 Å². The Morgan fingerprint density at radius 1 is 1.06 bits per heavy atom. The average Bonchev–Trinajstić information content (AvgIpc) is 2.39. The van der Waals surface area contributed by atoms with Crippen LogP contribution in [0.4, 0.5) is 0 Å². The summed E-state index contributed by atoms with van der Waals surface area (Å²) in [4.78, 5) is 4.35. The van der Waals surface area contributed by atoms with Gasteiger partial charge in [-0.25, -0.2) is 0 Å². The fraction of sp³-hybridized carbons (Fsp3) is 0.214. The lowest BCUT2D eigenvalue weighted by Crippen LogP contribution is -2.15. The maximum absolute atomic E-state index is 5.96. The zero-order chi connectivity index (χ0) is 10.8. The highest BCUT2D eigenvalue weighted by molar-refractivity contribution is 5.35. The molecule has 2 aromatic rings. The highest BCUT2D eigenvalue weighted by atomic mass is 16.5. The first-order chi connectivity index (χ1) is 7.93. The summed E-state index contributed by atoms with van der Waals surface area (Å²) in [6.07, 6.45) is 4.00. The zero-order valence-corrected chi connectivity index (χ0v) is 8.97. The molecule has 1 aliphatic rings. The second-order valence-electron chi connectivity index (χ2n) is 4.01. The van der Waals surface area contributed by atoms with Crippen molar-refractivity contribution in [3.63, 3.8) is 0 Å². The van der Waals surface area contributed by atoms with Crippen LogP contribution in [0.2, 0.25) is 0 Å². The summed E-state index contributed by atoms with van der Waals surface area (Å²) < 4.78 is 5.96. The predicted octanol–water partition coefficient (Wildman–Crippen LogP) is 3.15. The highest BCUT2D eigenvalue weighted by Crippen LogP contribution is 2.33. The van der Waals surface area contributed by atoms with Gasteiger partial charge < -0.3 is 4.74 Å². The Balaban J connectivity index is 1.89. The number of benzene rings is 1. The van der Waals surface area contributed by atoms with E-state index in [-0.39, 0.29) is 6.10 Å². The van der Waals surface area contributed by atoms with Gasteiger partial charge in [0, 0.05) is 6.20 Å². The molecule has 0 saturated carbocycles. The first-order valence-corrected chi connectivity index (χ1v) is 5.59. The molecule has 1 aliphatic heterocycles. The number of hydrogen-bond donors (Lipinski definition) is 0. The van der Waals surface area contributed by atoms with Gasteiger partial charge in [0.2, 0.25) is 0 Å². The third kappa shape index (κ3) is 1.67. The molecule has 16 heavy (non-hydrogen) atoms. The Morgan fingerprint density at radius 3 is 2.81 bits per heavy atom. The third-order valence-corrected chi connectivity index (χ3v) is 2.94. The number of pyridine rings is 1. The van der Waals surface area contributed by atoms with E-state index in [4.69, 9.17) is 4.74 Å². The van der Waals surface area contributed by atoms with Crippen molar-refractivity contribution < 1.29 is 4.74 Å². The van der Waals surface area contributed by atoms with Crippen LogP contribution >= 0.6 is 0 Å². The molecule has 0 amide bonds. The molecule has 0 aliphatic carbocycles. The summed E-state index contributed by atoms with van der Waals surface area (Å²) in [5.41, 5.74) is 2.33. The number of aryl methyl sites for hydroxylation is 1. The lowest BCUT2D eigenvalue weighted by atomic mass is 10.0. The Hall–Kier alpha value is -1.83. The van der Waals surface area contributed by atoms with Crippen molar-refractivity contribution in [3.05, 3.63) is 59.9 Å². The quantitative estimate of drug-likeness (QED) is 0.723. The van der Waals surface area contributed by atoms with Gasteiger partial charge in [-0.15, -0.1) is 0 Å². The smallest absolute Gasteiger partial charge is 0.141 e. The van der Waals surface area contributed by atoms with Gasteiger partial charge in [0.25, 0.3) is 0 Å². The van der Waals surface area contributed by atoms with Crippen molar-refractivity contribution in [3.8, 4) is 5.75 Å². The molecule has 0 spiro atoms. The summed E-state index contributed by atoms with van der Waals surface area (Å²) in [5.74, 6) is 1.00. The molecule has 1 aromatic heterocycles. The topological polar surface area (TPSA) is 22.1 Å². The second kappa shape index (κ2) is 3.97. The van der Waals surface area contributed by atoms with Gasteiger partial charge in [0.05, 0.1) is 5.69 Å². The number of hydrogen-bond acceptors (Lipinski definition) is 2. The van der Waals surface area contributed by atoms with E-state index in [0.29, 0.717) is 0 Å². The SMILES string of the molecule is c1ccc([C@H]2CCc3ccccc3O2)nc1. The van der Waals surface area contributed by atoms with Gasteiger partial charge in [0.1, 0.15) is 11.9 Å². The number of nitrogens with zero attached hydrogens (tertiary/aromatic N) is 1. The molecule has 1 aromatic carbocycles. The van der Waals surface area contributed by atoms with Crippen LogP contribution in [0.1, 0.15) is 23.8 Å². The summed E-state index contributed by atoms with van der Waals surface area (Å²) >= 11 is 0. The van der Waals surface area contributed by atoms with E-state index in [1.165, 1.54) is 5.56 Å². The lowest BCUT2D eigenvalue weighted by Gasteiger charge is -2.25. The number of ether oxygens (including phenoxy) is 1. The molecule has 3 rings (SSSR count). The fourth-order valence-electron chi connectivity index (χ4n) is 2.10. The van der Waals surface area contributed by atoms with E-state index in [0.717, 1.165) is 24.3 Å². The van der Waals surface area contributed by atoms with E-state index in [1.54, 1.807) is 0 Å². The molecule has 0 fully saturated rings. The van der Waals surface area contributed by atoms with Crippen LogP contribution in [0, 0.1) is 0 Å². The fourth-order valence-corrected chi connectivity index (χ4v) is 2.10. The summed E-state index contributed by atoms with van der Waals surface area (Å²) in [7, 11) is 0. The lowest BCUT2D eigenvalue weighted by molar-refractivity contribution is 0.172. The molecule has 80 valence electrons. The zero-order valence-electron chi connectivity index (χ0n) is 8.97. The highest BCUT2D eigenvalue weighted by Gasteiger charge is 2.21. The van der Waals surface area contributed by atoms with E-state index in [9.17, 15) is 0 Å². The molecule has 0 N–H and O–H groups in total. The molecule has 0 unspecified atom stereocenters. The summed E-state index contributed by atoms with van der Waals surface area (Å²) in [6.45, 7) is 0. The third-order valence-electron chi connectivity index (χ3n) is 2.94. The molecule has 1 atom stereocenters. The van der Waals surface area contributed by atoms with Crippen molar-refractivity contribution in [2.75, 3.05) is 0 Å². The minimum absolute atomic E-state index is 0.107. The summed E-state index contributed by atoms with van der Waals surface area (Å²) in [6, 6.07) is 14.2. The van der Waals surface area contributed by atoms with Gasteiger partial charge in [-0.1, -0.05) is 24.3 Å². The van der Waals surface area contributed by atoms with E-state index >= 15 is 0 Å². The monoisotopic (exact) mass is 211 g/mol. The first-order valence-electron chi connectivity index (χ1n) is 5.59. The van der Waals surface area contributed by atoms with E-state index in [1.807, 2.05) is 36.5 Å². The molecule has 0 saturated heterocycles. The molecule has 2 heterocycles.